The molecule has 0 aromatic heterocycles. The number of aliphatic hydroxyl groups is 1. The third-order valence-electron chi connectivity index (χ3n) is 3.62. The predicted molar refractivity (Wildman–Crippen MR) is 86.6 cm³/mol. The Balaban J connectivity index is 1.76. The summed E-state index contributed by atoms with van der Waals surface area (Å²) in [4.78, 5) is 0. The molecule has 0 aliphatic rings. The fraction of sp³-hybridized carbons (Fsp3) is 0.368. The van der Waals surface area contributed by atoms with Gasteiger partial charge in [0.15, 0.2) is 0 Å². The second kappa shape index (κ2) is 8.48. The Morgan fingerprint density at radius 3 is 2.43 bits per heavy atom. The summed E-state index contributed by atoms with van der Waals surface area (Å²) in [5.41, 5.74) is 2.27. The lowest BCUT2D eigenvalue weighted by Gasteiger charge is -2.14. The van der Waals surface area contributed by atoms with Crippen molar-refractivity contribution in [3.05, 3.63) is 65.7 Å². The van der Waals surface area contributed by atoms with Gasteiger partial charge in [0, 0.05) is 5.56 Å². The molecule has 2 heteroatoms. The molecule has 112 valence electrons. The van der Waals surface area contributed by atoms with Crippen LogP contribution in [0.25, 0.3) is 0 Å². The maximum absolute atomic E-state index is 9.98. The summed E-state index contributed by atoms with van der Waals surface area (Å²) in [7, 11) is 0. The van der Waals surface area contributed by atoms with E-state index in [1.807, 2.05) is 37.3 Å². The van der Waals surface area contributed by atoms with E-state index >= 15 is 0 Å². The highest BCUT2D eigenvalue weighted by Crippen LogP contribution is 2.27. The Labute approximate surface area is 127 Å². The van der Waals surface area contributed by atoms with Crippen LogP contribution in [-0.2, 0) is 6.42 Å². The number of hydrogen-bond donors (Lipinski definition) is 1. The van der Waals surface area contributed by atoms with Crippen molar-refractivity contribution in [2.45, 2.75) is 38.7 Å². The van der Waals surface area contributed by atoms with Crippen LogP contribution in [0.1, 0.15) is 43.4 Å². The van der Waals surface area contributed by atoms with Crippen molar-refractivity contribution in [3.63, 3.8) is 0 Å². The minimum Gasteiger partial charge on any atom is -0.493 e. The number of unbranched alkanes of at least 4 members (excludes halogenated alkanes) is 1. The van der Waals surface area contributed by atoms with Gasteiger partial charge < -0.3 is 9.84 Å². The zero-order valence-corrected chi connectivity index (χ0v) is 12.7. The Morgan fingerprint density at radius 1 is 0.952 bits per heavy atom. The summed E-state index contributed by atoms with van der Waals surface area (Å²) in [5, 5.41) is 9.98. The van der Waals surface area contributed by atoms with Crippen LogP contribution in [0.5, 0.6) is 5.75 Å². The fourth-order valence-corrected chi connectivity index (χ4v) is 2.37. The molecule has 0 aliphatic heterocycles. The van der Waals surface area contributed by atoms with Crippen molar-refractivity contribution in [1.82, 2.24) is 0 Å². The van der Waals surface area contributed by atoms with E-state index in [0.29, 0.717) is 13.0 Å². The van der Waals surface area contributed by atoms with E-state index < -0.39 is 6.10 Å². The monoisotopic (exact) mass is 284 g/mol. The van der Waals surface area contributed by atoms with E-state index in [0.717, 1.165) is 30.6 Å². The lowest BCUT2D eigenvalue weighted by atomic mass is 10.1. The second-order valence-electron chi connectivity index (χ2n) is 5.25. The highest BCUT2D eigenvalue weighted by molar-refractivity contribution is 5.34. The summed E-state index contributed by atoms with van der Waals surface area (Å²) in [6.45, 7) is 2.67. The molecule has 2 rings (SSSR count). The zero-order chi connectivity index (χ0) is 14.9. The number of benzene rings is 2. The molecule has 2 nitrogen and oxygen atoms in total. The number of hydrogen-bond acceptors (Lipinski definition) is 2. The first-order valence-electron chi connectivity index (χ1n) is 7.75. The van der Waals surface area contributed by atoms with Crippen LogP contribution in [-0.4, -0.2) is 11.7 Å². The number of ether oxygens (including phenoxy) is 1. The quantitative estimate of drug-likeness (QED) is 0.722. The van der Waals surface area contributed by atoms with Gasteiger partial charge in [-0.05, 0) is 37.3 Å². The lowest BCUT2D eigenvalue weighted by molar-refractivity contribution is 0.167. The smallest absolute Gasteiger partial charge is 0.125 e. The van der Waals surface area contributed by atoms with Crippen LogP contribution in [0.2, 0.25) is 0 Å². The third-order valence-corrected chi connectivity index (χ3v) is 3.62. The standard InChI is InChI=1S/C19H24O2/c1-2-18(20)17-13-6-7-14-19(17)21-15-9-8-12-16-10-4-3-5-11-16/h3-7,10-11,13-14,18,20H,2,8-9,12,15H2,1H3/t18-/m1/s1. The van der Waals surface area contributed by atoms with Crippen molar-refractivity contribution >= 4 is 0 Å². The van der Waals surface area contributed by atoms with Crippen molar-refractivity contribution < 1.29 is 9.84 Å². The molecule has 0 bridgehead atoms. The summed E-state index contributed by atoms with van der Waals surface area (Å²) in [6, 6.07) is 18.3. The molecule has 1 atom stereocenters. The van der Waals surface area contributed by atoms with Gasteiger partial charge in [0.1, 0.15) is 5.75 Å². The summed E-state index contributed by atoms with van der Waals surface area (Å²) < 4.78 is 5.84. The van der Waals surface area contributed by atoms with Gasteiger partial charge in [-0.25, -0.2) is 0 Å². The maximum Gasteiger partial charge on any atom is 0.125 e. The number of para-hydroxylation sites is 1. The van der Waals surface area contributed by atoms with E-state index in [1.54, 1.807) is 0 Å². The van der Waals surface area contributed by atoms with Gasteiger partial charge in [-0.2, -0.15) is 0 Å². The molecule has 0 heterocycles. The molecule has 0 spiro atoms. The maximum atomic E-state index is 9.98. The first-order valence-corrected chi connectivity index (χ1v) is 7.75. The van der Waals surface area contributed by atoms with Gasteiger partial charge in [-0.1, -0.05) is 55.5 Å². The summed E-state index contributed by atoms with van der Waals surface area (Å²) in [6.07, 6.45) is 3.48. The third kappa shape index (κ3) is 4.91. The first kappa shape index (κ1) is 15.6. The van der Waals surface area contributed by atoms with Gasteiger partial charge in [0.2, 0.25) is 0 Å². The van der Waals surface area contributed by atoms with Gasteiger partial charge in [0.05, 0.1) is 12.7 Å². The summed E-state index contributed by atoms with van der Waals surface area (Å²) >= 11 is 0. The molecule has 0 saturated carbocycles. The van der Waals surface area contributed by atoms with Crippen molar-refractivity contribution in [1.29, 1.82) is 0 Å². The Bertz CT molecular complexity index is 522. The minimum absolute atomic E-state index is 0.439. The molecular weight excluding hydrogens is 260 g/mol. The highest BCUT2D eigenvalue weighted by atomic mass is 16.5. The molecule has 21 heavy (non-hydrogen) atoms. The second-order valence-corrected chi connectivity index (χ2v) is 5.25. The molecule has 0 radical (unpaired) electrons. The normalized spacial score (nSPS) is 12.1. The predicted octanol–water partition coefficient (Wildman–Crippen LogP) is 4.53. The van der Waals surface area contributed by atoms with Gasteiger partial charge in [0.25, 0.3) is 0 Å². The fourth-order valence-electron chi connectivity index (χ4n) is 2.37. The molecule has 2 aromatic carbocycles. The Kier molecular flexibility index (Phi) is 6.29. The van der Waals surface area contributed by atoms with Crippen molar-refractivity contribution in [3.8, 4) is 5.75 Å². The average molecular weight is 284 g/mol. The van der Waals surface area contributed by atoms with Crippen LogP contribution in [0.15, 0.2) is 54.6 Å². The van der Waals surface area contributed by atoms with E-state index in [2.05, 4.69) is 24.3 Å². The zero-order valence-electron chi connectivity index (χ0n) is 12.7. The molecule has 1 N–H and O–H groups in total. The Morgan fingerprint density at radius 2 is 1.67 bits per heavy atom. The Hall–Kier alpha value is -1.80. The lowest BCUT2D eigenvalue weighted by Crippen LogP contribution is -2.03. The largest absolute Gasteiger partial charge is 0.493 e. The van der Waals surface area contributed by atoms with E-state index in [-0.39, 0.29) is 0 Å². The van der Waals surface area contributed by atoms with Gasteiger partial charge >= 0.3 is 0 Å². The minimum atomic E-state index is -0.439. The molecular formula is C19H24O2. The van der Waals surface area contributed by atoms with Crippen LogP contribution < -0.4 is 4.74 Å². The van der Waals surface area contributed by atoms with Crippen LogP contribution >= 0.6 is 0 Å². The highest BCUT2D eigenvalue weighted by Gasteiger charge is 2.10. The molecule has 2 aromatic rings. The molecule has 0 aliphatic carbocycles. The molecule has 0 fully saturated rings. The van der Waals surface area contributed by atoms with Crippen LogP contribution in [0.4, 0.5) is 0 Å². The van der Waals surface area contributed by atoms with E-state index in [9.17, 15) is 5.11 Å². The van der Waals surface area contributed by atoms with Gasteiger partial charge in [-0.3, -0.25) is 0 Å². The number of aliphatic hydroxyl groups excluding tert-OH is 1. The van der Waals surface area contributed by atoms with Crippen LogP contribution in [0.3, 0.4) is 0 Å². The number of rotatable bonds is 8. The topological polar surface area (TPSA) is 29.5 Å². The van der Waals surface area contributed by atoms with Crippen molar-refractivity contribution in [2.75, 3.05) is 6.61 Å². The number of aryl methyl sites for hydroxylation is 1. The average Bonchev–Trinajstić information content (AvgIpc) is 2.55. The molecule has 0 amide bonds. The SMILES string of the molecule is CC[C@@H](O)c1ccccc1OCCCCc1ccccc1. The van der Waals surface area contributed by atoms with Crippen molar-refractivity contribution in [2.24, 2.45) is 0 Å². The van der Waals surface area contributed by atoms with E-state index in [1.165, 1.54) is 5.56 Å². The first-order chi connectivity index (χ1) is 10.3. The van der Waals surface area contributed by atoms with Gasteiger partial charge in [-0.15, -0.1) is 0 Å². The molecule has 0 unspecified atom stereocenters. The molecule has 0 saturated heterocycles. The summed E-state index contributed by atoms with van der Waals surface area (Å²) in [5.74, 6) is 0.812. The van der Waals surface area contributed by atoms with Crippen LogP contribution in [0, 0.1) is 0 Å². The van der Waals surface area contributed by atoms with E-state index in [4.69, 9.17) is 4.74 Å².